The summed E-state index contributed by atoms with van der Waals surface area (Å²) >= 11 is 9.30. The SMILES string of the molecule is C#Cc1cc(Oc2cnc(C)nc2N)c(C(=C)C)cn1.C#Cc1cc(Oc2cnc(N)nc2NCC(O)CC)c(C(C)C)cn1.C=C(C)c1cnc(NCC)cc1Oc1cnc(C)nc1N.CCC(CO)Nc1ncc(Oc2cc(Cl)ncc2C(C)C)c(N)n1.Cc1ncc(Oc2cc(Br)ncc2C(C)C)c(NN)n1.Cc1ncc(Oc2cc(CN(C)C)ncc2C(C)C)c(N)n1. The summed E-state index contributed by atoms with van der Waals surface area (Å²) in [5.74, 6) is 23.2. The first kappa shape index (κ1) is 105. The van der Waals surface area contributed by atoms with Crippen molar-refractivity contribution in [3.05, 3.63) is 207 Å². The molecule has 12 aromatic rings. The van der Waals surface area contributed by atoms with Crippen LogP contribution in [0, 0.1) is 52.4 Å². The normalized spacial score (nSPS) is 11.1. The summed E-state index contributed by atoms with van der Waals surface area (Å²) in [4.78, 5) is 76.9. The Morgan fingerprint density at radius 2 is 0.879 bits per heavy atom. The third kappa shape index (κ3) is 32.1. The van der Waals surface area contributed by atoms with Crippen LogP contribution in [0.2, 0.25) is 5.15 Å². The van der Waals surface area contributed by atoms with Crippen LogP contribution < -0.4 is 84.3 Å². The van der Waals surface area contributed by atoms with E-state index in [1.165, 1.54) is 18.6 Å². The van der Waals surface area contributed by atoms with Gasteiger partial charge in [0.1, 0.15) is 84.8 Å². The van der Waals surface area contributed by atoms with E-state index in [1.54, 1.807) is 95.5 Å². The van der Waals surface area contributed by atoms with Crippen molar-refractivity contribution < 1.29 is 38.6 Å². The third-order valence-electron chi connectivity index (χ3n) is 18.5. The Kier molecular flexibility index (Phi) is 40.5. The van der Waals surface area contributed by atoms with Gasteiger partial charge in [-0.3, -0.25) is 4.98 Å². The highest BCUT2D eigenvalue weighted by Crippen LogP contribution is 2.40. The zero-order chi connectivity index (χ0) is 97.2. The molecule has 12 heterocycles. The number of ether oxygens (including phenoxy) is 6. The number of aliphatic hydroxyl groups excluding tert-OH is 2. The van der Waals surface area contributed by atoms with Gasteiger partial charge in [-0.2, -0.15) is 9.97 Å². The Morgan fingerprint density at radius 3 is 1.34 bits per heavy atom. The number of allylic oxidation sites excluding steroid dienone is 2. The predicted molar refractivity (Wildman–Crippen MR) is 522 cm³/mol. The van der Waals surface area contributed by atoms with E-state index >= 15 is 0 Å². The van der Waals surface area contributed by atoms with Crippen LogP contribution in [0.5, 0.6) is 69.0 Å². The number of anilines is 9. The summed E-state index contributed by atoms with van der Waals surface area (Å²) in [6.07, 6.45) is 31.3. The number of nitrogens with two attached hydrogens (primary N) is 6. The van der Waals surface area contributed by atoms with Crippen LogP contribution in [0.1, 0.15) is 200 Å². The van der Waals surface area contributed by atoms with Crippen molar-refractivity contribution in [2.24, 2.45) is 5.84 Å². The number of pyridine rings is 6. The molecule has 0 aliphatic carbocycles. The van der Waals surface area contributed by atoms with Crippen LogP contribution >= 0.6 is 27.5 Å². The van der Waals surface area contributed by atoms with Gasteiger partial charge in [-0.05, 0) is 126 Å². The zero-order valence-corrected chi connectivity index (χ0v) is 80.1. The van der Waals surface area contributed by atoms with E-state index in [2.05, 4.69) is 185 Å². The van der Waals surface area contributed by atoms with Crippen molar-refractivity contribution in [1.29, 1.82) is 0 Å². The maximum Gasteiger partial charge on any atom is 0.225 e. The van der Waals surface area contributed by atoms with E-state index in [0.717, 1.165) is 81.3 Å². The highest BCUT2D eigenvalue weighted by molar-refractivity contribution is 9.10. The van der Waals surface area contributed by atoms with Gasteiger partial charge in [0, 0.05) is 127 Å². The van der Waals surface area contributed by atoms with Crippen LogP contribution in [0.4, 0.5) is 52.6 Å². The Morgan fingerprint density at radius 1 is 0.470 bits per heavy atom. The first-order valence-electron chi connectivity index (χ1n) is 41.9. The average molecular weight is 1880 g/mol. The molecule has 37 nitrogen and oxygen atoms in total. The fourth-order valence-corrected chi connectivity index (χ4v) is 11.8. The molecule has 696 valence electrons. The summed E-state index contributed by atoms with van der Waals surface area (Å²) in [6, 6.07) is 10.5. The summed E-state index contributed by atoms with van der Waals surface area (Å²) in [5, 5.41) is 28.5. The number of terminal acetylenes is 2. The minimum atomic E-state index is -0.496. The molecule has 12 rings (SSSR count). The molecule has 18 N–H and O–H groups in total. The number of nitrogens with one attached hydrogen (secondary N) is 4. The number of hydrogen-bond donors (Lipinski definition) is 12. The number of hydrazine groups is 1. The zero-order valence-electron chi connectivity index (χ0n) is 77.7. The van der Waals surface area contributed by atoms with E-state index in [0.29, 0.717) is 156 Å². The smallest absolute Gasteiger partial charge is 0.225 e. The van der Waals surface area contributed by atoms with Crippen LogP contribution in [-0.4, -0.2) is 151 Å². The number of rotatable bonds is 31. The van der Waals surface area contributed by atoms with Crippen molar-refractivity contribution in [2.45, 2.75) is 173 Å². The molecular formula is C93H117BrClN29O8. The lowest BCUT2D eigenvalue weighted by atomic mass is 10.0. The van der Waals surface area contributed by atoms with Gasteiger partial charge in [-0.25, -0.2) is 80.6 Å². The second-order valence-electron chi connectivity index (χ2n) is 30.9. The lowest BCUT2D eigenvalue weighted by molar-refractivity contribution is 0.183. The fourth-order valence-electron chi connectivity index (χ4n) is 11.3. The second kappa shape index (κ2) is 51.1. The van der Waals surface area contributed by atoms with E-state index < -0.39 is 6.10 Å². The van der Waals surface area contributed by atoms with Gasteiger partial charge in [-0.15, -0.1) is 12.8 Å². The van der Waals surface area contributed by atoms with E-state index in [-0.39, 0.29) is 48.0 Å². The number of hydrogen-bond acceptors (Lipinski definition) is 37. The lowest BCUT2D eigenvalue weighted by Crippen LogP contribution is -2.24. The average Bonchev–Trinajstić information content (AvgIpc) is 0.846. The van der Waals surface area contributed by atoms with E-state index in [9.17, 15) is 10.2 Å². The molecule has 0 radical (unpaired) electrons. The first-order valence-corrected chi connectivity index (χ1v) is 43.1. The van der Waals surface area contributed by atoms with Crippen molar-refractivity contribution in [2.75, 3.05) is 83.8 Å². The molecule has 0 fully saturated rings. The summed E-state index contributed by atoms with van der Waals surface area (Å²) in [6.45, 7) is 42.9. The van der Waals surface area contributed by atoms with E-state index in [1.807, 2.05) is 101 Å². The Hall–Kier alpha value is -14.4. The minimum absolute atomic E-state index is 0.00865. The molecule has 0 saturated carbocycles. The van der Waals surface area contributed by atoms with Gasteiger partial charge in [0.2, 0.25) is 11.9 Å². The summed E-state index contributed by atoms with van der Waals surface area (Å²) < 4.78 is 36.0. The molecular weight excluding hydrogens is 1770 g/mol. The van der Waals surface area contributed by atoms with Crippen molar-refractivity contribution in [1.82, 2.24) is 94.6 Å². The maximum atomic E-state index is 9.75. The highest BCUT2D eigenvalue weighted by atomic mass is 79.9. The number of nitrogen functional groups attached to an aromatic ring is 6. The monoisotopic (exact) mass is 1880 g/mol. The van der Waals surface area contributed by atoms with Crippen molar-refractivity contribution >= 4 is 91.3 Å². The Balaban J connectivity index is 0.000000217. The topological polar surface area (TPSA) is 535 Å². The van der Waals surface area contributed by atoms with Crippen LogP contribution in [-0.2, 0) is 6.54 Å². The number of aliphatic hydroxyl groups is 2. The molecule has 0 saturated heterocycles. The number of halogens is 2. The van der Waals surface area contributed by atoms with Gasteiger partial charge < -0.3 is 93.6 Å². The van der Waals surface area contributed by atoms with Crippen LogP contribution in [0.25, 0.3) is 11.1 Å². The Labute approximate surface area is 783 Å². The molecule has 0 aromatic carbocycles. The number of nitrogens with zero attached hydrogens (tertiary/aromatic N) is 19. The molecule has 2 unspecified atom stereocenters. The van der Waals surface area contributed by atoms with Gasteiger partial charge in [-0.1, -0.05) is 106 Å². The quantitative estimate of drug-likeness (QED) is 0.00831. The standard InChI is InChI=1S/C18H23N5O2.C16H22ClN5O2.C16H23N5O.C15H19N5O.C15H14N4O.C13H16BrN5O/c1-5-12-7-15(14(9-20-12)11(3)4)25-16-10-22-18(19)23-17(16)21-8-13(24)6-2;1-4-10(8-23)21-16-20-7-13(15(18)22-16)24-12-5-14(17)19-6-11(12)9(2)3;1-10(2)13-7-19-12(9-21(4)5)6-14(13)22-15-8-18-11(3)20-16(15)17;1-5-17-14-6-12(11(7-19-14)9(2)3)21-13-8-18-10(4)20-15(13)16;1-5-11-6-13(12(7-18-11)9(2)3)20-14-8-17-10(4)19-15(14)16;1-7(2)9-5-17-12(14)4-10(9)20-11-6-16-8(3)18-13(11)19-15/h1,7,9-11,13,24H,6,8H2,2-4H3,(H3,19,21,22,23);5-7,9-10,23H,4,8H2,1-3H3,(H3,18,20,21,22);6-8,10H,9H2,1-5H3,(H2,17,18,20);6-8H,2,5H2,1,3-4H3,(H,17,19)(H2,16,18,20);1,6-8H,2H2,3-4H3,(H2,16,17,19);4-7H,15H2,1-3H3,(H,16,18,19). The Bertz CT molecular complexity index is 5980. The largest absolute Gasteiger partial charge is 0.451 e. The molecule has 39 heteroatoms. The molecule has 0 aliphatic rings. The van der Waals surface area contributed by atoms with E-state index in [4.69, 9.17) is 87.4 Å². The molecule has 0 bridgehead atoms. The first-order chi connectivity index (χ1) is 62.8. The molecule has 12 aromatic heterocycles. The molecule has 132 heavy (non-hydrogen) atoms. The number of aromatic nitrogens is 18. The molecule has 0 aliphatic heterocycles. The van der Waals surface area contributed by atoms with Gasteiger partial charge >= 0.3 is 0 Å². The van der Waals surface area contributed by atoms with Crippen LogP contribution in [0.15, 0.2) is 129 Å². The highest BCUT2D eigenvalue weighted by Gasteiger charge is 2.22. The third-order valence-corrected chi connectivity index (χ3v) is 19.1. The van der Waals surface area contributed by atoms with Gasteiger partial charge in [0.25, 0.3) is 0 Å². The van der Waals surface area contributed by atoms with Gasteiger partial charge in [0.15, 0.2) is 69.4 Å². The van der Waals surface area contributed by atoms with Crippen LogP contribution in [0.3, 0.4) is 0 Å². The maximum absolute atomic E-state index is 9.75. The summed E-state index contributed by atoms with van der Waals surface area (Å²) in [7, 11) is 4.01. The fraction of sp³-hybridized carbons (Fsp3) is 0.333. The van der Waals surface area contributed by atoms with Crippen molar-refractivity contribution in [3.8, 4) is 93.7 Å². The lowest BCUT2D eigenvalue weighted by Gasteiger charge is -2.17. The van der Waals surface area contributed by atoms with Gasteiger partial charge in [0.05, 0.1) is 61.6 Å². The van der Waals surface area contributed by atoms with Crippen molar-refractivity contribution in [3.63, 3.8) is 0 Å². The second-order valence-corrected chi connectivity index (χ2v) is 32.1. The number of aryl methyl sites for hydroxylation is 4. The minimum Gasteiger partial charge on any atom is -0.451 e. The summed E-state index contributed by atoms with van der Waals surface area (Å²) in [5.41, 5.74) is 40.7. The molecule has 0 amide bonds. The molecule has 2 atom stereocenters. The predicted octanol–water partition coefficient (Wildman–Crippen LogP) is 17.2. The molecule has 0 spiro atoms.